The number of carbonyl (C=O) groups is 2. The van der Waals surface area contributed by atoms with Crippen LogP contribution in [0, 0.1) is 5.82 Å². The van der Waals surface area contributed by atoms with Gasteiger partial charge in [0.25, 0.3) is 0 Å². The molecule has 0 saturated heterocycles. The lowest BCUT2D eigenvalue weighted by Gasteiger charge is -2.23. The van der Waals surface area contributed by atoms with E-state index < -0.39 is 24.3 Å². The van der Waals surface area contributed by atoms with E-state index in [0.717, 1.165) is 33.1 Å². The zero-order valence-corrected chi connectivity index (χ0v) is 22.9. The van der Waals surface area contributed by atoms with Crippen LogP contribution in [-0.2, 0) is 9.59 Å². The first kappa shape index (κ1) is 34.2. The van der Waals surface area contributed by atoms with Gasteiger partial charge in [0.15, 0.2) is 0 Å². The van der Waals surface area contributed by atoms with Crippen LogP contribution in [0.1, 0.15) is 18.6 Å². The number of pyridine rings is 1. The molecule has 2 heterocycles. The predicted molar refractivity (Wildman–Crippen MR) is 147 cm³/mol. The Balaban J connectivity index is 0.000000331. The van der Waals surface area contributed by atoms with E-state index in [1.54, 1.807) is 23.0 Å². The molecule has 0 amide bonds. The van der Waals surface area contributed by atoms with Gasteiger partial charge >= 0.3 is 24.3 Å². The average Bonchev–Trinajstić information content (AvgIpc) is 3.39. The molecule has 9 nitrogen and oxygen atoms in total. The van der Waals surface area contributed by atoms with Gasteiger partial charge in [0.2, 0.25) is 0 Å². The predicted octanol–water partition coefficient (Wildman–Crippen LogP) is 6.45. The molecule has 16 heteroatoms. The maximum Gasteiger partial charge on any atom is 0.490 e. The van der Waals surface area contributed by atoms with Gasteiger partial charge in [-0.25, -0.2) is 18.7 Å². The average molecular weight is 641 g/mol. The van der Waals surface area contributed by atoms with Gasteiger partial charge < -0.3 is 20.7 Å². The normalized spacial score (nSPS) is 12.7. The van der Waals surface area contributed by atoms with Crippen molar-refractivity contribution in [2.45, 2.75) is 31.4 Å². The summed E-state index contributed by atoms with van der Waals surface area (Å²) >= 11 is 0. The summed E-state index contributed by atoms with van der Waals surface area (Å²) in [7, 11) is 0. The number of benzene rings is 3. The Morgan fingerprint density at radius 1 is 0.844 bits per heavy atom. The number of aromatic nitrogens is 3. The summed E-state index contributed by atoms with van der Waals surface area (Å²) in [5.74, 6) is -5.09. The van der Waals surface area contributed by atoms with Crippen LogP contribution in [-0.4, -0.2) is 55.3 Å². The van der Waals surface area contributed by atoms with E-state index in [2.05, 4.69) is 16.1 Å². The van der Waals surface area contributed by atoms with Crippen molar-refractivity contribution in [1.82, 2.24) is 14.8 Å². The van der Waals surface area contributed by atoms with Crippen LogP contribution in [0.5, 0.6) is 5.75 Å². The van der Waals surface area contributed by atoms with Gasteiger partial charge in [-0.3, -0.25) is 4.98 Å². The fourth-order valence-corrected chi connectivity index (χ4v) is 3.74. The number of carboxylic acids is 2. The second-order valence-corrected chi connectivity index (χ2v) is 9.22. The molecule has 0 radical (unpaired) electrons. The highest BCUT2D eigenvalue weighted by Crippen LogP contribution is 2.29. The van der Waals surface area contributed by atoms with Crippen molar-refractivity contribution >= 4 is 33.7 Å². The summed E-state index contributed by atoms with van der Waals surface area (Å²) in [4.78, 5) is 22.3. The van der Waals surface area contributed by atoms with E-state index in [1.807, 2.05) is 55.6 Å². The Hall–Kier alpha value is -5.25. The molecule has 4 N–H and O–H groups in total. The largest absolute Gasteiger partial charge is 0.490 e. The molecule has 2 aromatic heterocycles. The molecule has 0 unspecified atom stereocenters. The van der Waals surface area contributed by atoms with Gasteiger partial charge in [0.1, 0.15) is 17.7 Å². The lowest BCUT2D eigenvalue weighted by molar-refractivity contribution is -0.193. The van der Waals surface area contributed by atoms with Crippen molar-refractivity contribution < 1.29 is 55.3 Å². The molecule has 0 spiro atoms. The molecule has 0 fully saturated rings. The SMILES string of the molecule is C[C@H](N)[C@H](Oc1ccc2c(cnn2-c2ccc(F)cc2)c1)c1cnc2ccccc2c1.O=C(O)C(F)(F)F.O=C(O)C(F)(F)F. The third-order valence-corrected chi connectivity index (χ3v) is 5.78. The third kappa shape index (κ3) is 9.37. The van der Waals surface area contributed by atoms with E-state index in [1.165, 1.54) is 12.1 Å². The van der Waals surface area contributed by atoms with Gasteiger partial charge in [-0.2, -0.15) is 31.4 Å². The number of hydrogen-bond donors (Lipinski definition) is 3. The van der Waals surface area contributed by atoms with E-state index in [9.17, 15) is 30.7 Å². The van der Waals surface area contributed by atoms with Crippen LogP contribution >= 0.6 is 0 Å². The number of nitrogens with two attached hydrogens (primary N) is 1. The Morgan fingerprint density at radius 2 is 1.42 bits per heavy atom. The minimum absolute atomic E-state index is 0.236. The maximum atomic E-state index is 13.2. The topological polar surface area (TPSA) is 141 Å². The monoisotopic (exact) mass is 640 g/mol. The quantitative estimate of drug-likeness (QED) is 0.186. The molecule has 0 aliphatic heterocycles. The van der Waals surface area contributed by atoms with Crippen LogP contribution in [0.3, 0.4) is 0 Å². The van der Waals surface area contributed by atoms with Gasteiger partial charge in [0.05, 0.1) is 22.9 Å². The van der Waals surface area contributed by atoms with Gasteiger partial charge in [0, 0.05) is 28.6 Å². The Morgan fingerprint density at radius 3 is 1.98 bits per heavy atom. The standard InChI is InChI=1S/C25H21FN4O.2C2HF3O2/c1-16(27)25(19-12-17-4-2-3-5-23(17)28-14-19)31-22-10-11-24-18(13-22)15-29-30(24)21-8-6-20(26)7-9-21;2*3-2(4,5)1(6)7/h2-16,25H,27H2,1H3;2*(H,6,7)/t16-,25-;;/m0../s1. The van der Waals surface area contributed by atoms with E-state index in [4.69, 9.17) is 30.3 Å². The number of para-hydroxylation sites is 1. The second kappa shape index (κ2) is 14.0. The highest BCUT2D eigenvalue weighted by atomic mass is 19.4. The molecule has 3 aromatic carbocycles. The van der Waals surface area contributed by atoms with E-state index in [-0.39, 0.29) is 18.0 Å². The first-order valence-corrected chi connectivity index (χ1v) is 12.6. The number of halogens is 7. The van der Waals surface area contributed by atoms with Crippen molar-refractivity contribution in [2.75, 3.05) is 0 Å². The summed E-state index contributed by atoms with van der Waals surface area (Å²) < 4.78 is 84.8. The molecule has 0 aliphatic carbocycles. The molecular weight excluding hydrogens is 617 g/mol. The molecule has 0 saturated carbocycles. The maximum absolute atomic E-state index is 13.2. The van der Waals surface area contributed by atoms with Crippen molar-refractivity contribution in [3.05, 3.63) is 96.6 Å². The van der Waals surface area contributed by atoms with Crippen molar-refractivity contribution in [2.24, 2.45) is 5.73 Å². The van der Waals surface area contributed by atoms with Crippen LogP contribution in [0.2, 0.25) is 0 Å². The van der Waals surface area contributed by atoms with Crippen molar-refractivity contribution in [1.29, 1.82) is 0 Å². The molecule has 2 atom stereocenters. The number of carboxylic acid groups (broad SMARTS) is 2. The van der Waals surface area contributed by atoms with Crippen molar-refractivity contribution in [3.63, 3.8) is 0 Å². The Bertz CT molecular complexity index is 1750. The zero-order chi connectivity index (χ0) is 33.5. The number of rotatable bonds is 5. The van der Waals surface area contributed by atoms with Crippen LogP contribution < -0.4 is 10.5 Å². The van der Waals surface area contributed by atoms with Crippen molar-refractivity contribution in [3.8, 4) is 11.4 Å². The number of hydrogen-bond acceptors (Lipinski definition) is 6. The fraction of sp³-hybridized carbons (Fsp3) is 0.172. The highest BCUT2D eigenvalue weighted by molar-refractivity contribution is 5.82. The number of fused-ring (bicyclic) bond motifs is 2. The third-order valence-electron chi connectivity index (χ3n) is 5.78. The zero-order valence-electron chi connectivity index (χ0n) is 22.9. The smallest absolute Gasteiger partial charge is 0.484 e. The van der Waals surface area contributed by atoms with Crippen LogP contribution in [0.15, 0.2) is 85.2 Å². The summed E-state index contributed by atoms with van der Waals surface area (Å²) in [6.45, 7) is 1.92. The molecule has 5 rings (SSSR count). The first-order valence-electron chi connectivity index (χ1n) is 12.6. The number of alkyl halides is 6. The number of aliphatic carboxylic acids is 2. The van der Waals surface area contributed by atoms with E-state index in [0.29, 0.717) is 5.75 Å². The Kier molecular flexibility index (Phi) is 10.7. The lowest BCUT2D eigenvalue weighted by atomic mass is 10.0. The minimum atomic E-state index is -5.08. The molecule has 0 aliphatic rings. The summed E-state index contributed by atoms with van der Waals surface area (Å²) in [6, 6.07) is 21.8. The number of nitrogens with zero attached hydrogens (tertiary/aromatic N) is 3. The summed E-state index contributed by atoms with van der Waals surface area (Å²) in [6.07, 6.45) is -6.92. The van der Waals surface area contributed by atoms with Crippen LogP contribution in [0.25, 0.3) is 27.5 Å². The summed E-state index contributed by atoms with van der Waals surface area (Å²) in [5, 5.41) is 20.7. The first-order chi connectivity index (χ1) is 21.0. The fourth-order valence-electron chi connectivity index (χ4n) is 3.74. The second-order valence-electron chi connectivity index (χ2n) is 9.22. The van der Waals surface area contributed by atoms with E-state index >= 15 is 0 Å². The molecular formula is C29H23F7N4O5. The molecule has 5 aromatic rings. The molecule has 45 heavy (non-hydrogen) atoms. The number of ether oxygens (including phenoxy) is 1. The Labute approximate surface area is 249 Å². The van der Waals surface area contributed by atoms with Gasteiger partial charge in [-0.15, -0.1) is 0 Å². The highest BCUT2D eigenvalue weighted by Gasteiger charge is 2.38. The lowest BCUT2D eigenvalue weighted by Crippen LogP contribution is -2.29. The van der Waals surface area contributed by atoms with Gasteiger partial charge in [-0.1, -0.05) is 18.2 Å². The molecule has 238 valence electrons. The molecule has 0 bridgehead atoms. The van der Waals surface area contributed by atoms with Crippen LogP contribution in [0.4, 0.5) is 30.7 Å². The summed E-state index contributed by atoms with van der Waals surface area (Å²) in [5.41, 5.74) is 9.83. The minimum Gasteiger partial charge on any atom is -0.484 e. The van der Waals surface area contributed by atoms with Gasteiger partial charge in [-0.05, 0) is 61.5 Å².